The average Bonchev–Trinajstić information content (AvgIpc) is 3.64. The minimum absolute atomic E-state index is 0.113. The average molecular weight is 686 g/mol. The molecule has 0 saturated carbocycles. The van der Waals surface area contributed by atoms with Gasteiger partial charge in [0.2, 0.25) is 5.91 Å². The topological polar surface area (TPSA) is 102 Å². The molecule has 9 nitrogen and oxygen atoms in total. The summed E-state index contributed by atoms with van der Waals surface area (Å²) in [5, 5.41) is 12.1. The summed E-state index contributed by atoms with van der Waals surface area (Å²) in [7, 11) is 3.67. The van der Waals surface area contributed by atoms with Crippen molar-refractivity contribution >= 4 is 40.1 Å². The molecule has 2 saturated heterocycles. The van der Waals surface area contributed by atoms with Crippen molar-refractivity contribution in [3.8, 4) is 39.4 Å². The second-order valence-corrected chi connectivity index (χ2v) is 13.2. The van der Waals surface area contributed by atoms with E-state index in [2.05, 4.69) is 37.8 Å². The van der Waals surface area contributed by atoms with Gasteiger partial charge in [0.1, 0.15) is 11.4 Å². The molecule has 3 aromatic heterocycles. The SMILES string of the molecule is COc1cc(-c2nccc(-c3cccc(-c4ccc5c(CNC[C@@H]6CCO6)cn(C)c5n4)c3Cl)c2Cl)ccc1CNC[C@@H]1CCC(=O)N1. The van der Waals surface area contributed by atoms with E-state index in [1.807, 2.05) is 55.6 Å². The number of methoxy groups -OCH3 is 1. The number of hydrogen-bond donors (Lipinski definition) is 3. The Morgan fingerprint density at radius 2 is 1.77 bits per heavy atom. The zero-order chi connectivity index (χ0) is 33.2. The van der Waals surface area contributed by atoms with Crippen molar-refractivity contribution in [2.45, 2.75) is 44.5 Å². The summed E-state index contributed by atoms with van der Waals surface area (Å²) in [6, 6.07) is 18.1. The van der Waals surface area contributed by atoms with Gasteiger partial charge in [-0.3, -0.25) is 9.78 Å². The lowest BCUT2D eigenvalue weighted by atomic mass is 9.99. The monoisotopic (exact) mass is 684 g/mol. The van der Waals surface area contributed by atoms with Crippen LogP contribution in [-0.4, -0.2) is 59.4 Å². The standard InChI is InChI=1S/C37H38Cl2N6O3/c1-45-21-24(18-41-20-26-13-15-48-26)27-9-10-31(44-37(27)45)30-5-3-4-28(34(30)38)29-12-14-42-36(35(29)39)22-6-7-23(32(16-22)47-2)17-40-19-25-8-11-33(46)43-25/h3-7,9-10,12,14,16,21,25-26,40-41H,8,11,13,15,17-20H2,1-2H3,(H,43,46)/t25-,26-/m0/s1. The summed E-state index contributed by atoms with van der Waals surface area (Å²) >= 11 is 14.2. The number of rotatable bonds is 12. The molecule has 2 aliphatic rings. The molecule has 5 heterocycles. The first-order chi connectivity index (χ1) is 23.4. The zero-order valence-electron chi connectivity index (χ0n) is 27.0. The van der Waals surface area contributed by atoms with Gasteiger partial charge in [-0.1, -0.05) is 53.5 Å². The van der Waals surface area contributed by atoms with Crippen molar-refractivity contribution in [3.63, 3.8) is 0 Å². The molecule has 1 amide bonds. The van der Waals surface area contributed by atoms with E-state index in [0.29, 0.717) is 41.4 Å². The zero-order valence-corrected chi connectivity index (χ0v) is 28.5. The first kappa shape index (κ1) is 32.6. The molecule has 11 heteroatoms. The lowest BCUT2D eigenvalue weighted by Gasteiger charge is -2.26. The number of pyridine rings is 2. The van der Waals surface area contributed by atoms with E-state index >= 15 is 0 Å². The number of hydrogen-bond acceptors (Lipinski definition) is 7. The van der Waals surface area contributed by atoms with Crippen molar-refractivity contribution in [2.24, 2.45) is 7.05 Å². The molecule has 0 bridgehead atoms. The number of ether oxygens (including phenoxy) is 2. The molecular formula is C37H38Cl2N6O3. The van der Waals surface area contributed by atoms with E-state index in [-0.39, 0.29) is 11.9 Å². The first-order valence-corrected chi connectivity index (χ1v) is 17.0. The van der Waals surface area contributed by atoms with Gasteiger partial charge in [0, 0.05) is 97.9 Å². The summed E-state index contributed by atoms with van der Waals surface area (Å²) in [5.74, 6) is 0.841. The van der Waals surface area contributed by atoms with E-state index in [9.17, 15) is 4.79 Å². The molecule has 0 spiro atoms. The second-order valence-electron chi connectivity index (χ2n) is 12.4. The number of amides is 1. The molecule has 3 N–H and O–H groups in total. The van der Waals surface area contributed by atoms with Gasteiger partial charge in [0.05, 0.1) is 34.6 Å². The number of aryl methyl sites for hydroxylation is 1. The van der Waals surface area contributed by atoms with Crippen LogP contribution in [0.4, 0.5) is 0 Å². The quantitative estimate of drug-likeness (QED) is 0.137. The third kappa shape index (κ3) is 6.66. The number of nitrogens with one attached hydrogen (secondary N) is 3. The second kappa shape index (κ2) is 14.2. The van der Waals surface area contributed by atoms with Gasteiger partial charge in [-0.25, -0.2) is 4.98 Å². The molecule has 248 valence electrons. The van der Waals surface area contributed by atoms with E-state index in [1.54, 1.807) is 13.3 Å². The smallest absolute Gasteiger partial charge is 0.220 e. The maximum Gasteiger partial charge on any atom is 0.220 e. The molecule has 7 rings (SSSR count). The maximum atomic E-state index is 11.5. The third-order valence-corrected chi connectivity index (χ3v) is 9.98. The highest BCUT2D eigenvalue weighted by Gasteiger charge is 2.22. The molecule has 0 radical (unpaired) electrons. The molecule has 2 aliphatic heterocycles. The number of carbonyl (C=O) groups is 1. The molecule has 0 aliphatic carbocycles. The fraction of sp³-hybridized carbons (Fsp3) is 0.324. The lowest BCUT2D eigenvalue weighted by molar-refractivity contribution is -0.119. The van der Waals surface area contributed by atoms with Crippen LogP contribution in [-0.2, 0) is 29.7 Å². The normalized spacial score (nSPS) is 17.5. The van der Waals surface area contributed by atoms with E-state index in [4.69, 9.17) is 37.7 Å². The Labute approximate surface area is 290 Å². The van der Waals surface area contributed by atoms with Gasteiger partial charge in [0.25, 0.3) is 0 Å². The highest BCUT2D eigenvalue weighted by Crippen LogP contribution is 2.42. The molecule has 2 aromatic carbocycles. The fourth-order valence-corrected chi connectivity index (χ4v) is 7.12. The fourth-order valence-electron chi connectivity index (χ4n) is 6.48. The predicted octanol–water partition coefficient (Wildman–Crippen LogP) is 6.53. The molecular weight excluding hydrogens is 647 g/mol. The number of benzene rings is 2. The Hall–Kier alpha value is -3.99. The number of aromatic nitrogens is 3. The van der Waals surface area contributed by atoms with Gasteiger partial charge in [-0.15, -0.1) is 0 Å². The van der Waals surface area contributed by atoms with Gasteiger partial charge in [-0.05, 0) is 42.7 Å². The number of nitrogens with zero attached hydrogens (tertiary/aromatic N) is 3. The van der Waals surface area contributed by atoms with Crippen LogP contribution < -0.4 is 20.7 Å². The number of fused-ring (bicyclic) bond motifs is 1. The summed E-state index contributed by atoms with van der Waals surface area (Å²) in [5.41, 5.74) is 7.75. The molecule has 2 fully saturated rings. The Morgan fingerprint density at radius 3 is 2.54 bits per heavy atom. The van der Waals surface area contributed by atoms with Gasteiger partial charge in [-0.2, -0.15) is 0 Å². The predicted molar refractivity (Wildman–Crippen MR) is 190 cm³/mol. The Balaban J connectivity index is 1.12. The van der Waals surface area contributed by atoms with E-state index in [1.165, 1.54) is 5.56 Å². The summed E-state index contributed by atoms with van der Waals surface area (Å²) < 4.78 is 13.3. The minimum Gasteiger partial charge on any atom is -0.496 e. The van der Waals surface area contributed by atoms with Crippen LogP contribution in [0.5, 0.6) is 5.75 Å². The lowest BCUT2D eigenvalue weighted by Crippen LogP contribution is -2.36. The largest absolute Gasteiger partial charge is 0.496 e. The van der Waals surface area contributed by atoms with Crippen LogP contribution in [0.3, 0.4) is 0 Å². The van der Waals surface area contributed by atoms with Crippen molar-refractivity contribution in [1.29, 1.82) is 0 Å². The van der Waals surface area contributed by atoms with Crippen LogP contribution in [0.25, 0.3) is 44.7 Å². The van der Waals surface area contributed by atoms with Crippen LogP contribution >= 0.6 is 23.2 Å². The Bertz CT molecular complexity index is 1970. The minimum atomic E-state index is 0.113. The van der Waals surface area contributed by atoms with Gasteiger partial charge in [0.15, 0.2) is 0 Å². The molecule has 2 atom stereocenters. The number of carbonyl (C=O) groups excluding carboxylic acids is 1. The summed E-state index contributed by atoms with van der Waals surface area (Å²) in [6.07, 6.45) is 6.75. The maximum absolute atomic E-state index is 11.5. The van der Waals surface area contributed by atoms with Crippen LogP contribution in [0.2, 0.25) is 10.0 Å². The van der Waals surface area contributed by atoms with Gasteiger partial charge >= 0.3 is 0 Å². The van der Waals surface area contributed by atoms with Crippen molar-refractivity contribution in [1.82, 2.24) is 30.5 Å². The Kier molecular flexibility index (Phi) is 9.66. The number of halogens is 2. The van der Waals surface area contributed by atoms with Gasteiger partial charge < -0.3 is 30.0 Å². The molecule has 0 unspecified atom stereocenters. The molecule has 5 aromatic rings. The van der Waals surface area contributed by atoms with Crippen molar-refractivity contribution in [3.05, 3.63) is 88.2 Å². The summed E-state index contributed by atoms with van der Waals surface area (Å²) in [4.78, 5) is 21.2. The summed E-state index contributed by atoms with van der Waals surface area (Å²) in [6.45, 7) is 3.77. The van der Waals surface area contributed by atoms with Crippen LogP contribution in [0, 0.1) is 0 Å². The van der Waals surface area contributed by atoms with Crippen molar-refractivity contribution in [2.75, 3.05) is 26.8 Å². The highest BCUT2D eigenvalue weighted by molar-refractivity contribution is 6.39. The third-order valence-electron chi connectivity index (χ3n) is 9.19. The Morgan fingerprint density at radius 1 is 0.979 bits per heavy atom. The van der Waals surface area contributed by atoms with Crippen molar-refractivity contribution < 1.29 is 14.3 Å². The van der Waals surface area contributed by atoms with Crippen LogP contribution in [0.15, 0.2) is 67.0 Å². The molecule has 48 heavy (non-hydrogen) atoms. The highest BCUT2D eigenvalue weighted by atomic mass is 35.5. The van der Waals surface area contributed by atoms with E-state index in [0.717, 1.165) is 82.8 Å². The van der Waals surface area contributed by atoms with E-state index < -0.39 is 0 Å². The van der Waals surface area contributed by atoms with Crippen LogP contribution in [0.1, 0.15) is 30.4 Å². The first-order valence-electron chi connectivity index (χ1n) is 16.3.